The number of rotatable bonds is 6. The van der Waals surface area contributed by atoms with Crippen LogP contribution in [0.3, 0.4) is 0 Å². The summed E-state index contributed by atoms with van der Waals surface area (Å²) >= 11 is 1.80. The highest BCUT2D eigenvalue weighted by molar-refractivity contribution is 8.14. The Morgan fingerprint density at radius 2 is 1.90 bits per heavy atom. The van der Waals surface area contributed by atoms with E-state index >= 15 is 0 Å². The predicted octanol–water partition coefficient (Wildman–Crippen LogP) is 4.77. The molecule has 2 atom stereocenters. The van der Waals surface area contributed by atoms with E-state index in [4.69, 9.17) is 9.73 Å². The van der Waals surface area contributed by atoms with Crippen molar-refractivity contribution in [2.24, 2.45) is 4.99 Å². The van der Waals surface area contributed by atoms with Gasteiger partial charge in [-0.25, -0.2) is 0 Å². The molecule has 156 valence electrons. The van der Waals surface area contributed by atoms with Gasteiger partial charge in [0.1, 0.15) is 18.4 Å². The summed E-state index contributed by atoms with van der Waals surface area (Å²) < 4.78 is 5.88. The van der Waals surface area contributed by atoms with Crippen molar-refractivity contribution >= 4 is 22.6 Å². The summed E-state index contributed by atoms with van der Waals surface area (Å²) in [6.07, 6.45) is 1.82. The van der Waals surface area contributed by atoms with Crippen LogP contribution in [-0.4, -0.2) is 32.3 Å². The number of hydrogen-bond acceptors (Lipinski definition) is 7. The van der Waals surface area contributed by atoms with Gasteiger partial charge in [-0.15, -0.1) is 0 Å². The number of benzene rings is 2. The first kappa shape index (κ1) is 19.6. The number of aromatic nitrogens is 1. The molecule has 5 rings (SSSR count). The molecule has 0 aliphatic carbocycles. The van der Waals surface area contributed by atoms with Crippen molar-refractivity contribution in [2.45, 2.75) is 18.7 Å². The number of amidine groups is 1. The molecule has 31 heavy (non-hydrogen) atoms. The molecule has 0 spiro atoms. The number of thioether (sulfide) groups is 1. The Morgan fingerprint density at radius 3 is 2.61 bits per heavy atom. The van der Waals surface area contributed by atoms with Crippen molar-refractivity contribution in [3.05, 3.63) is 99.9 Å². The number of aliphatic imine (C=N–C) groups is 1. The normalized spacial score (nSPS) is 19.7. The number of nitro benzene ring substituents is 1. The molecule has 0 radical (unpaired) electrons. The van der Waals surface area contributed by atoms with Crippen LogP contribution in [0.25, 0.3) is 0 Å². The van der Waals surface area contributed by atoms with Crippen LogP contribution in [0.4, 0.5) is 5.69 Å². The Balaban J connectivity index is 1.31. The van der Waals surface area contributed by atoms with Gasteiger partial charge in [-0.05, 0) is 47.5 Å². The van der Waals surface area contributed by atoms with Crippen molar-refractivity contribution < 1.29 is 9.66 Å². The summed E-state index contributed by atoms with van der Waals surface area (Å²) in [4.78, 5) is 22.3. The maximum atomic E-state index is 10.8. The van der Waals surface area contributed by atoms with Crippen LogP contribution in [0.5, 0.6) is 5.75 Å². The predicted molar refractivity (Wildman–Crippen MR) is 120 cm³/mol. The van der Waals surface area contributed by atoms with Gasteiger partial charge in [0.15, 0.2) is 5.17 Å². The average Bonchev–Trinajstić information content (AvgIpc) is 3.40. The van der Waals surface area contributed by atoms with E-state index in [2.05, 4.69) is 22.0 Å². The largest absolute Gasteiger partial charge is 0.489 e. The molecular formula is C23H20N4O3S. The van der Waals surface area contributed by atoms with E-state index in [9.17, 15) is 10.1 Å². The average molecular weight is 433 g/mol. The van der Waals surface area contributed by atoms with Crippen LogP contribution in [-0.2, 0) is 6.61 Å². The van der Waals surface area contributed by atoms with Gasteiger partial charge < -0.3 is 9.64 Å². The summed E-state index contributed by atoms with van der Waals surface area (Å²) in [5, 5.41) is 11.9. The summed E-state index contributed by atoms with van der Waals surface area (Å²) in [5.74, 6) is 1.81. The first-order chi connectivity index (χ1) is 15.2. The second-order valence-corrected chi connectivity index (χ2v) is 8.44. The minimum atomic E-state index is -0.404. The molecule has 2 aromatic carbocycles. The topological polar surface area (TPSA) is 80.9 Å². The molecule has 7 nitrogen and oxygen atoms in total. The van der Waals surface area contributed by atoms with E-state index in [1.807, 2.05) is 36.5 Å². The van der Waals surface area contributed by atoms with Crippen molar-refractivity contribution in [2.75, 3.05) is 12.3 Å². The lowest BCUT2D eigenvalue weighted by molar-refractivity contribution is -0.384. The van der Waals surface area contributed by atoms with Crippen LogP contribution in [0.15, 0.2) is 77.9 Å². The third kappa shape index (κ3) is 3.98. The fourth-order valence-electron chi connectivity index (χ4n) is 3.93. The van der Waals surface area contributed by atoms with E-state index in [0.29, 0.717) is 6.61 Å². The maximum absolute atomic E-state index is 10.8. The lowest BCUT2D eigenvalue weighted by Gasteiger charge is -2.27. The number of nitro groups is 1. The Labute approximate surface area is 183 Å². The molecule has 1 fully saturated rings. The fourth-order valence-corrected chi connectivity index (χ4v) is 4.96. The molecule has 8 heteroatoms. The van der Waals surface area contributed by atoms with E-state index in [0.717, 1.165) is 34.5 Å². The van der Waals surface area contributed by atoms with Crippen molar-refractivity contribution in [3.63, 3.8) is 0 Å². The Bertz CT molecular complexity index is 1100. The molecule has 1 saturated heterocycles. The van der Waals surface area contributed by atoms with Crippen LogP contribution in [0.1, 0.15) is 28.9 Å². The first-order valence-corrected chi connectivity index (χ1v) is 11.0. The van der Waals surface area contributed by atoms with E-state index < -0.39 is 4.92 Å². The van der Waals surface area contributed by atoms with Crippen LogP contribution >= 0.6 is 11.8 Å². The fraction of sp³-hybridized carbons (Fsp3) is 0.217. The van der Waals surface area contributed by atoms with Gasteiger partial charge in [0.2, 0.25) is 0 Å². The van der Waals surface area contributed by atoms with Crippen LogP contribution in [0, 0.1) is 10.1 Å². The molecule has 0 amide bonds. The Kier molecular flexibility index (Phi) is 5.30. The zero-order valence-electron chi connectivity index (χ0n) is 16.6. The number of hydrogen-bond donors (Lipinski definition) is 0. The van der Waals surface area contributed by atoms with Crippen LogP contribution < -0.4 is 4.74 Å². The standard InChI is InChI=1S/C23H20N4O3S/c28-27(29)18-8-4-16(5-9-18)15-30-19-10-6-17(7-11-19)22-21(20-3-1-2-12-24-20)25-23-26(22)13-14-31-23/h1-12,21-22H,13-15H2/t21-,22-/m0/s1. The molecule has 0 bridgehead atoms. The highest BCUT2D eigenvalue weighted by atomic mass is 32.2. The zero-order valence-corrected chi connectivity index (χ0v) is 17.4. The molecular weight excluding hydrogens is 412 g/mol. The highest BCUT2D eigenvalue weighted by Crippen LogP contribution is 2.45. The Morgan fingerprint density at radius 1 is 1.10 bits per heavy atom. The number of ether oxygens (including phenoxy) is 1. The summed E-state index contributed by atoms with van der Waals surface area (Å²) in [5.41, 5.74) is 3.12. The quantitative estimate of drug-likeness (QED) is 0.412. The van der Waals surface area contributed by atoms with Gasteiger partial charge in [-0.2, -0.15) is 0 Å². The summed E-state index contributed by atoms with van der Waals surface area (Å²) in [6.45, 7) is 1.34. The molecule has 2 aliphatic heterocycles. The molecule has 2 aliphatic rings. The van der Waals surface area contributed by atoms with Gasteiger partial charge in [-0.1, -0.05) is 30.0 Å². The van der Waals surface area contributed by atoms with Gasteiger partial charge in [-0.3, -0.25) is 20.1 Å². The SMILES string of the molecule is O=[N+]([O-])c1ccc(COc2ccc([C@H]3[C@H](c4ccccn4)N=C4SCCN43)cc2)cc1. The third-order valence-electron chi connectivity index (χ3n) is 5.46. The monoisotopic (exact) mass is 432 g/mol. The second-order valence-electron chi connectivity index (χ2n) is 7.38. The van der Waals surface area contributed by atoms with E-state index in [1.54, 1.807) is 23.9 Å². The molecule has 3 heterocycles. The molecule has 1 aromatic heterocycles. The molecule has 3 aromatic rings. The lowest BCUT2D eigenvalue weighted by atomic mass is 9.96. The minimum Gasteiger partial charge on any atom is -0.489 e. The lowest BCUT2D eigenvalue weighted by Crippen LogP contribution is -2.27. The number of pyridine rings is 1. The van der Waals surface area contributed by atoms with Gasteiger partial charge in [0.05, 0.1) is 16.7 Å². The molecule has 0 unspecified atom stereocenters. The van der Waals surface area contributed by atoms with E-state index in [-0.39, 0.29) is 17.8 Å². The van der Waals surface area contributed by atoms with Crippen molar-refractivity contribution in [1.29, 1.82) is 0 Å². The maximum Gasteiger partial charge on any atom is 0.269 e. The van der Waals surface area contributed by atoms with Crippen LogP contribution in [0.2, 0.25) is 0 Å². The third-order valence-corrected chi connectivity index (χ3v) is 6.44. The van der Waals surface area contributed by atoms with Gasteiger partial charge in [0.25, 0.3) is 5.69 Å². The van der Waals surface area contributed by atoms with Gasteiger partial charge in [0, 0.05) is 30.6 Å². The van der Waals surface area contributed by atoms with Crippen molar-refractivity contribution in [3.8, 4) is 5.75 Å². The highest BCUT2D eigenvalue weighted by Gasteiger charge is 2.41. The smallest absolute Gasteiger partial charge is 0.269 e. The van der Waals surface area contributed by atoms with E-state index in [1.165, 1.54) is 17.7 Å². The van der Waals surface area contributed by atoms with Crippen molar-refractivity contribution in [1.82, 2.24) is 9.88 Å². The summed E-state index contributed by atoms with van der Waals surface area (Å²) in [6, 6.07) is 20.6. The molecule has 0 N–H and O–H groups in total. The molecule has 0 saturated carbocycles. The number of fused-ring (bicyclic) bond motifs is 1. The number of non-ortho nitro benzene ring substituents is 1. The Hall–Kier alpha value is -3.39. The van der Waals surface area contributed by atoms with Gasteiger partial charge >= 0.3 is 0 Å². The number of nitrogens with zero attached hydrogens (tertiary/aromatic N) is 4. The zero-order chi connectivity index (χ0) is 21.2. The summed E-state index contributed by atoms with van der Waals surface area (Å²) in [7, 11) is 0. The minimum absolute atomic E-state index is 0.0177. The first-order valence-electron chi connectivity index (χ1n) is 10.0. The second kappa shape index (κ2) is 8.39.